The second-order valence-corrected chi connectivity index (χ2v) is 6.41. The number of hydrogen-bond acceptors (Lipinski definition) is 7. The van der Waals surface area contributed by atoms with Crippen molar-refractivity contribution < 1.29 is 9.13 Å². The first kappa shape index (κ1) is 18.2. The molecule has 0 aliphatic carbocycles. The van der Waals surface area contributed by atoms with Gasteiger partial charge in [-0.3, -0.25) is 0 Å². The fraction of sp³-hybridized carbons (Fsp3) is 0.444. The van der Waals surface area contributed by atoms with Gasteiger partial charge in [-0.05, 0) is 31.2 Å². The van der Waals surface area contributed by atoms with E-state index in [1.807, 2.05) is 19.1 Å². The van der Waals surface area contributed by atoms with Crippen molar-refractivity contribution in [2.45, 2.75) is 13.0 Å². The Kier molecular flexibility index (Phi) is 5.72. The van der Waals surface area contributed by atoms with Crippen LogP contribution in [0.25, 0.3) is 0 Å². The van der Waals surface area contributed by atoms with Gasteiger partial charge in [-0.25, -0.2) is 14.4 Å². The van der Waals surface area contributed by atoms with Crippen LogP contribution in [0.5, 0.6) is 0 Å². The van der Waals surface area contributed by atoms with Crippen molar-refractivity contribution in [2.75, 3.05) is 60.7 Å². The average Bonchev–Trinajstić information content (AvgIpc) is 2.65. The smallest absolute Gasteiger partial charge is 0.157 e. The Balaban J connectivity index is 1.66. The fourth-order valence-electron chi connectivity index (χ4n) is 3.11. The normalized spacial score (nSPS) is 15.8. The zero-order chi connectivity index (χ0) is 18.5. The minimum Gasteiger partial charge on any atom is -0.393 e. The number of piperazine rings is 1. The lowest BCUT2D eigenvalue weighted by atomic mass is 10.2. The number of benzene rings is 1. The van der Waals surface area contributed by atoms with E-state index in [1.54, 1.807) is 7.11 Å². The van der Waals surface area contributed by atoms with Gasteiger partial charge in [0.25, 0.3) is 0 Å². The molecule has 1 aromatic carbocycles. The van der Waals surface area contributed by atoms with E-state index in [-0.39, 0.29) is 11.9 Å². The van der Waals surface area contributed by atoms with E-state index < -0.39 is 0 Å². The third-order valence-corrected chi connectivity index (χ3v) is 4.43. The van der Waals surface area contributed by atoms with Crippen molar-refractivity contribution in [1.82, 2.24) is 9.97 Å². The molecule has 3 N–H and O–H groups in total. The van der Waals surface area contributed by atoms with Crippen LogP contribution in [0.4, 0.5) is 27.4 Å². The van der Waals surface area contributed by atoms with E-state index in [9.17, 15) is 4.39 Å². The molecule has 140 valence electrons. The first-order chi connectivity index (χ1) is 12.6. The number of anilines is 4. The number of aromatic nitrogens is 2. The maximum Gasteiger partial charge on any atom is 0.157 e. The average molecular weight is 360 g/mol. The molecule has 0 amide bonds. The molecule has 3 rings (SSSR count). The molecule has 7 nitrogen and oxygen atoms in total. The molecular weight excluding hydrogens is 335 g/mol. The van der Waals surface area contributed by atoms with Crippen LogP contribution in [0.2, 0.25) is 0 Å². The molecule has 1 unspecified atom stereocenters. The van der Waals surface area contributed by atoms with Crippen LogP contribution in [0, 0.1) is 5.82 Å². The summed E-state index contributed by atoms with van der Waals surface area (Å²) in [6, 6.07) is 6.69. The third-order valence-electron chi connectivity index (χ3n) is 4.43. The van der Waals surface area contributed by atoms with Crippen molar-refractivity contribution >= 4 is 23.0 Å². The Morgan fingerprint density at radius 1 is 1.15 bits per heavy atom. The highest BCUT2D eigenvalue weighted by Crippen LogP contribution is 2.28. The van der Waals surface area contributed by atoms with Gasteiger partial charge in [-0.1, -0.05) is 0 Å². The quantitative estimate of drug-likeness (QED) is 0.815. The first-order valence-corrected chi connectivity index (χ1v) is 8.70. The molecule has 0 spiro atoms. The lowest BCUT2D eigenvalue weighted by Gasteiger charge is -2.37. The molecule has 1 aromatic heterocycles. The standard InChI is InChI=1S/C18H25FN6O/c1-13(11-26-2)23-17-16(20)18(22-12-21-17)25-9-7-24(8-10-25)15-5-3-14(19)4-6-15/h3-6,12-13H,7-11,20H2,1-2H3,(H,21,22,23). The molecule has 1 atom stereocenters. The van der Waals surface area contributed by atoms with Crippen molar-refractivity contribution in [1.29, 1.82) is 0 Å². The summed E-state index contributed by atoms with van der Waals surface area (Å²) in [5, 5.41) is 3.26. The van der Waals surface area contributed by atoms with Gasteiger partial charge in [0.05, 0.1) is 6.61 Å². The summed E-state index contributed by atoms with van der Waals surface area (Å²) in [6.45, 7) is 5.77. The summed E-state index contributed by atoms with van der Waals surface area (Å²) in [4.78, 5) is 13.0. The Morgan fingerprint density at radius 2 is 1.81 bits per heavy atom. The van der Waals surface area contributed by atoms with Gasteiger partial charge in [-0.2, -0.15) is 0 Å². The predicted molar refractivity (Wildman–Crippen MR) is 102 cm³/mol. The lowest BCUT2D eigenvalue weighted by molar-refractivity contribution is 0.190. The third kappa shape index (κ3) is 4.13. The minimum atomic E-state index is -0.219. The SMILES string of the molecule is COCC(C)Nc1ncnc(N2CCN(c3ccc(F)cc3)CC2)c1N. The monoisotopic (exact) mass is 360 g/mol. The molecule has 1 fully saturated rings. The zero-order valence-corrected chi connectivity index (χ0v) is 15.2. The van der Waals surface area contributed by atoms with E-state index in [0.29, 0.717) is 18.1 Å². The van der Waals surface area contributed by atoms with E-state index in [1.165, 1.54) is 18.5 Å². The Hall–Kier alpha value is -2.61. The molecule has 1 aliphatic rings. The summed E-state index contributed by atoms with van der Waals surface area (Å²) in [6.07, 6.45) is 1.53. The Morgan fingerprint density at radius 3 is 2.46 bits per heavy atom. The summed E-state index contributed by atoms with van der Waals surface area (Å²) < 4.78 is 18.2. The second kappa shape index (κ2) is 8.18. The highest BCUT2D eigenvalue weighted by Gasteiger charge is 2.22. The van der Waals surface area contributed by atoms with E-state index >= 15 is 0 Å². The first-order valence-electron chi connectivity index (χ1n) is 8.70. The van der Waals surface area contributed by atoms with Crippen LogP contribution in [0.1, 0.15) is 6.92 Å². The molecule has 2 heterocycles. The van der Waals surface area contributed by atoms with Crippen LogP contribution in [0.3, 0.4) is 0 Å². The number of rotatable bonds is 6. The van der Waals surface area contributed by atoms with Crippen molar-refractivity contribution in [2.24, 2.45) is 0 Å². The molecule has 0 radical (unpaired) electrons. The maximum atomic E-state index is 13.1. The minimum absolute atomic E-state index is 0.0976. The lowest BCUT2D eigenvalue weighted by Crippen LogP contribution is -2.47. The van der Waals surface area contributed by atoms with E-state index in [2.05, 4.69) is 25.1 Å². The summed E-state index contributed by atoms with van der Waals surface area (Å²) in [7, 11) is 1.66. The number of ether oxygens (including phenoxy) is 1. The number of halogens is 1. The second-order valence-electron chi connectivity index (χ2n) is 6.41. The summed E-state index contributed by atoms with van der Waals surface area (Å²) >= 11 is 0. The molecule has 8 heteroatoms. The summed E-state index contributed by atoms with van der Waals surface area (Å²) in [5.74, 6) is 1.15. The van der Waals surface area contributed by atoms with Crippen LogP contribution < -0.4 is 20.9 Å². The number of nitrogens with zero attached hydrogens (tertiary/aromatic N) is 4. The van der Waals surface area contributed by atoms with Crippen LogP contribution >= 0.6 is 0 Å². The molecule has 1 aliphatic heterocycles. The van der Waals surface area contributed by atoms with E-state index in [0.717, 1.165) is 37.7 Å². The Bertz CT molecular complexity index is 718. The van der Waals surface area contributed by atoms with Gasteiger partial charge >= 0.3 is 0 Å². The maximum absolute atomic E-state index is 13.1. The predicted octanol–water partition coefficient (Wildman–Crippen LogP) is 1.97. The van der Waals surface area contributed by atoms with Gasteiger partial charge in [-0.15, -0.1) is 0 Å². The van der Waals surface area contributed by atoms with Crippen LogP contribution in [-0.2, 0) is 4.74 Å². The van der Waals surface area contributed by atoms with Gasteiger partial charge < -0.3 is 25.6 Å². The fourth-order valence-corrected chi connectivity index (χ4v) is 3.11. The van der Waals surface area contributed by atoms with Crippen molar-refractivity contribution in [3.05, 3.63) is 36.4 Å². The Labute approximate surface area is 153 Å². The molecule has 26 heavy (non-hydrogen) atoms. The highest BCUT2D eigenvalue weighted by molar-refractivity contribution is 5.75. The van der Waals surface area contributed by atoms with Crippen LogP contribution in [0.15, 0.2) is 30.6 Å². The molecular formula is C18H25FN6O. The summed E-state index contributed by atoms with van der Waals surface area (Å²) in [5.41, 5.74) is 7.87. The van der Waals surface area contributed by atoms with Gasteiger partial charge in [0.2, 0.25) is 0 Å². The van der Waals surface area contributed by atoms with Crippen molar-refractivity contribution in [3.8, 4) is 0 Å². The molecule has 0 bridgehead atoms. The number of nitrogens with two attached hydrogens (primary N) is 1. The molecule has 1 saturated heterocycles. The van der Waals surface area contributed by atoms with Crippen LogP contribution in [-0.4, -0.2) is 55.9 Å². The molecule has 0 saturated carbocycles. The number of methoxy groups -OCH3 is 1. The topological polar surface area (TPSA) is 79.5 Å². The zero-order valence-electron chi connectivity index (χ0n) is 15.2. The van der Waals surface area contributed by atoms with Crippen molar-refractivity contribution in [3.63, 3.8) is 0 Å². The van der Waals surface area contributed by atoms with E-state index in [4.69, 9.17) is 10.5 Å². The number of nitrogens with one attached hydrogen (secondary N) is 1. The number of hydrogen-bond donors (Lipinski definition) is 2. The van der Waals surface area contributed by atoms with Gasteiger partial charge in [0.15, 0.2) is 11.6 Å². The highest BCUT2D eigenvalue weighted by atomic mass is 19.1. The van der Waals surface area contributed by atoms with Gasteiger partial charge in [0, 0.05) is 45.0 Å². The molecule has 2 aromatic rings. The largest absolute Gasteiger partial charge is 0.393 e. The number of nitrogen functional groups attached to an aromatic ring is 1. The van der Waals surface area contributed by atoms with Gasteiger partial charge in [0.1, 0.15) is 17.8 Å².